The smallest absolute Gasteiger partial charge is 0.383 e. The highest BCUT2D eigenvalue weighted by Gasteiger charge is 2.65. The highest BCUT2D eigenvalue weighted by atomic mass is 32.1. The fourth-order valence-electron chi connectivity index (χ4n) is 2.48. The summed E-state index contributed by atoms with van der Waals surface area (Å²) in [5.41, 5.74) is -2.36. The molecule has 1 aromatic rings. The van der Waals surface area contributed by atoms with Gasteiger partial charge in [0.2, 0.25) is 10.4 Å². The molecule has 6 N–H and O–H groups in total. The number of aliphatic hydroxyl groups excluding tert-OH is 1. The van der Waals surface area contributed by atoms with Crippen LogP contribution < -0.4 is 0 Å². The third kappa shape index (κ3) is 6.15. The van der Waals surface area contributed by atoms with Crippen molar-refractivity contribution in [1.82, 2.24) is 9.55 Å². The summed E-state index contributed by atoms with van der Waals surface area (Å²) < 4.78 is 65.7. The van der Waals surface area contributed by atoms with E-state index in [2.05, 4.69) is 18.1 Å². The third-order valence-corrected chi connectivity index (χ3v) is 7.89. The molecule has 1 aliphatic rings. The number of hydrogen-bond acceptors (Lipinski definition) is 11. The molecule has 0 spiro atoms. The summed E-state index contributed by atoms with van der Waals surface area (Å²) in [6.07, 6.45) is 1.88. The summed E-state index contributed by atoms with van der Waals surface area (Å²) >= 11 is 4.98. The van der Waals surface area contributed by atoms with E-state index in [0.717, 1.165) is 4.57 Å². The Kier molecular flexibility index (Phi) is 7.71. The molecule has 15 nitrogen and oxygen atoms in total. The molecule has 20 heteroatoms. The maximum atomic E-state index is 15.3. The summed E-state index contributed by atoms with van der Waals surface area (Å²) in [7, 11) is -17.3. The summed E-state index contributed by atoms with van der Waals surface area (Å²) in [5.74, 6) is -1.78. The lowest BCUT2D eigenvalue weighted by atomic mass is 9.94. The van der Waals surface area contributed by atoms with Gasteiger partial charge >= 0.3 is 23.5 Å². The molecule has 180 valence electrons. The van der Waals surface area contributed by atoms with Crippen molar-refractivity contribution in [2.45, 2.75) is 30.7 Å². The topological polar surface area (TPSA) is 227 Å². The molecule has 2 rings (SSSR count). The molecule has 0 radical (unpaired) electrons. The Bertz CT molecular complexity index is 1140. The molecule has 32 heavy (non-hydrogen) atoms. The first-order valence-corrected chi connectivity index (χ1v) is 12.9. The number of ether oxygens (including phenoxy) is 1. The van der Waals surface area contributed by atoms with Crippen LogP contribution in [-0.4, -0.2) is 63.5 Å². The fourth-order valence-corrected chi connectivity index (χ4v) is 5.82. The molecular weight excluding hydrogens is 524 g/mol. The number of aromatic nitrogens is 2. The maximum Gasteiger partial charge on any atom is 0.490 e. The minimum atomic E-state index is -5.87. The normalized spacial score (nSPS) is 32.1. The molecular formula is C12H16FN2O13P3S. The monoisotopic (exact) mass is 540 g/mol. The second kappa shape index (κ2) is 9.03. The van der Waals surface area contributed by atoms with Crippen LogP contribution in [0.1, 0.15) is 11.9 Å². The van der Waals surface area contributed by atoms with E-state index in [4.69, 9.17) is 38.1 Å². The van der Waals surface area contributed by atoms with Gasteiger partial charge < -0.3 is 34.5 Å². The maximum absolute atomic E-state index is 15.3. The zero-order valence-corrected chi connectivity index (χ0v) is 19.2. The summed E-state index contributed by atoms with van der Waals surface area (Å²) in [4.78, 5) is 39.4. The molecule has 0 aliphatic carbocycles. The van der Waals surface area contributed by atoms with Crippen LogP contribution in [0.3, 0.4) is 0 Å². The number of rotatable bonds is 8. The van der Waals surface area contributed by atoms with E-state index in [-0.39, 0.29) is 4.77 Å². The van der Waals surface area contributed by atoms with Crippen LogP contribution in [0.15, 0.2) is 12.3 Å². The number of phosphoric ester groups is 1. The van der Waals surface area contributed by atoms with Gasteiger partial charge in [-0.2, -0.15) is 8.62 Å². The first kappa shape index (κ1) is 27.3. The van der Waals surface area contributed by atoms with Gasteiger partial charge in [0, 0.05) is 11.9 Å². The molecule has 1 aromatic heterocycles. The lowest BCUT2D eigenvalue weighted by molar-refractivity contribution is -0.204. The number of aliphatic hydroxyl groups is 2. The molecule has 0 saturated carbocycles. The molecule has 0 aromatic carbocycles. The average molecular weight is 540 g/mol. The molecule has 1 fully saturated rings. The predicted molar refractivity (Wildman–Crippen MR) is 101 cm³/mol. The van der Waals surface area contributed by atoms with Crippen molar-refractivity contribution in [1.29, 1.82) is 0 Å². The van der Waals surface area contributed by atoms with Gasteiger partial charge in [0.15, 0.2) is 12.3 Å². The van der Waals surface area contributed by atoms with Gasteiger partial charge in [-0.1, -0.05) is 5.92 Å². The Balaban J connectivity index is 2.27. The van der Waals surface area contributed by atoms with Crippen molar-refractivity contribution < 1.29 is 65.8 Å². The molecule has 2 heterocycles. The lowest BCUT2D eigenvalue weighted by Crippen LogP contribution is -2.50. The van der Waals surface area contributed by atoms with Crippen LogP contribution in [0.25, 0.3) is 0 Å². The second-order valence-corrected chi connectivity index (χ2v) is 11.0. The average Bonchev–Trinajstić information content (AvgIpc) is 2.80. The van der Waals surface area contributed by atoms with Crippen LogP contribution in [0, 0.1) is 24.0 Å². The van der Waals surface area contributed by atoms with Crippen LogP contribution in [-0.2, 0) is 31.6 Å². The lowest BCUT2D eigenvalue weighted by Gasteiger charge is -2.27. The van der Waals surface area contributed by atoms with Gasteiger partial charge in [0.05, 0.1) is 0 Å². The second-order valence-electron chi connectivity index (χ2n) is 6.25. The van der Waals surface area contributed by atoms with Crippen molar-refractivity contribution in [2.75, 3.05) is 6.61 Å². The van der Waals surface area contributed by atoms with Crippen molar-refractivity contribution in [2.24, 2.45) is 0 Å². The molecule has 1 saturated heterocycles. The summed E-state index contributed by atoms with van der Waals surface area (Å²) in [6.45, 7) is -0.162. The highest BCUT2D eigenvalue weighted by Crippen LogP contribution is 2.66. The van der Waals surface area contributed by atoms with Crippen LogP contribution >= 0.6 is 35.7 Å². The Morgan fingerprint density at radius 2 is 1.91 bits per heavy atom. The van der Waals surface area contributed by atoms with Crippen LogP contribution in [0.4, 0.5) is 4.39 Å². The largest absolute Gasteiger partial charge is 0.490 e. The van der Waals surface area contributed by atoms with E-state index in [9.17, 15) is 28.8 Å². The first-order chi connectivity index (χ1) is 14.3. The minimum absolute atomic E-state index is 0.243. The Labute approximate surface area is 183 Å². The number of phosphoric acid groups is 3. The Hall–Kier alpha value is -0.920. The van der Waals surface area contributed by atoms with E-state index in [1.807, 2.05) is 0 Å². The van der Waals surface area contributed by atoms with Crippen LogP contribution in [0.2, 0.25) is 0 Å². The molecule has 6 atom stereocenters. The minimum Gasteiger partial charge on any atom is -0.383 e. The van der Waals surface area contributed by atoms with Gasteiger partial charge in [-0.15, -0.1) is 6.42 Å². The first-order valence-electron chi connectivity index (χ1n) is 7.93. The van der Waals surface area contributed by atoms with Crippen LogP contribution in [0.5, 0.6) is 0 Å². The zero-order chi connectivity index (χ0) is 24.8. The Morgan fingerprint density at radius 3 is 2.41 bits per heavy atom. The number of halogens is 1. The van der Waals surface area contributed by atoms with Crippen molar-refractivity contribution in [3.05, 3.63) is 22.7 Å². The van der Waals surface area contributed by atoms with E-state index in [1.54, 1.807) is 12.8 Å². The SMILES string of the molecule is C#C[C@@]1(O)C(O)[C@@](F)(COP(=O)(O)OP(=O)(O)OP(=O)(O)O)O[C@H]1n1ccc(C)nc1=S. The fraction of sp³-hybridized carbons (Fsp3) is 0.500. The number of aryl methyl sites for hydroxylation is 1. The van der Waals surface area contributed by atoms with Gasteiger partial charge in [0.25, 0.3) is 5.85 Å². The van der Waals surface area contributed by atoms with E-state index in [0.29, 0.717) is 5.69 Å². The van der Waals surface area contributed by atoms with Gasteiger partial charge in [-0.3, -0.25) is 9.09 Å². The molecule has 0 amide bonds. The number of alkyl halides is 1. The quantitative estimate of drug-likeness (QED) is 0.147. The van der Waals surface area contributed by atoms with Crippen molar-refractivity contribution in [3.63, 3.8) is 0 Å². The number of nitrogens with zero attached hydrogens (tertiary/aromatic N) is 2. The highest BCUT2D eigenvalue weighted by molar-refractivity contribution is 7.71. The van der Waals surface area contributed by atoms with E-state index >= 15 is 4.39 Å². The van der Waals surface area contributed by atoms with Crippen molar-refractivity contribution in [3.8, 4) is 12.3 Å². The van der Waals surface area contributed by atoms with Gasteiger partial charge in [0.1, 0.15) is 6.61 Å². The molecule has 3 unspecified atom stereocenters. The summed E-state index contributed by atoms with van der Waals surface area (Å²) in [6, 6.07) is 1.38. The van der Waals surface area contributed by atoms with E-state index in [1.165, 1.54) is 12.3 Å². The summed E-state index contributed by atoms with van der Waals surface area (Å²) in [5, 5.41) is 20.8. The molecule has 1 aliphatic heterocycles. The van der Waals surface area contributed by atoms with Gasteiger partial charge in [-0.05, 0) is 25.2 Å². The zero-order valence-electron chi connectivity index (χ0n) is 15.7. The third-order valence-electron chi connectivity index (χ3n) is 3.80. The number of terminal acetylenes is 1. The Morgan fingerprint density at radius 1 is 1.31 bits per heavy atom. The number of hydrogen-bond donors (Lipinski definition) is 6. The standard InChI is InChI=1S/C12H16FN2O13P3S/c1-3-11(17)8(16)12(13,26-9(11)15-5-4-7(2)14-10(15)32)6-25-30(21,22)28-31(23,24)27-29(18,19)20/h1,4-5,8-9,16-17H,6H2,2H3,(H,21,22)(H,23,24)(H2,18,19,20)/t8?,9-,11-,12-/m1/s1. The van der Waals surface area contributed by atoms with Gasteiger partial charge in [-0.25, -0.2) is 23.1 Å². The van der Waals surface area contributed by atoms with Crippen molar-refractivity contribution >= 4 is 35.7 Å². The predicted octanol–water partition coefficient (Wildman–Crippen LogP) is 0.184. The molecule has 0 bridgehead atoms. The van der Waals surface area contributed by atoms with E-state index < -0.39 is 53.9 Å².